The van der Waals surface area contributed by atoms with Gasteiger partial charge in [0.25, 0.3) is 0 Å². The summed E-state index contributed by atoms with van der Waals surface area (Å²) in [6.45, 7) is 1.73. The first-order valence-corrected chi connectivity index (χ1v) is 4.39. The van der Waals surface area contributed by atoms with Crippen molar-refractivity contribution in [3.63, 3.8) is 0 Å². The van der Waals surface area contributed by atoms with Crippen molar-refractivity contribution < 1.29 is 10.2 Å². The summed E-state index contributed by atoms with van der Waals surface area (Å²) in [6.07, 6.45) is 2.48. The molecule has 0 aromatic rings. The minimum Gasteiger partial charge on any atom is -0.389 e. The summed E-state index contributed by atoms with van der Waals surface area (Å²) in [4.78, 5) is 2.21. The summed E-state index contributed by atoms with van der Waals surface area (Å²) in [5.41, 5.74) is 0. The number of hydrogen-bond acceptors (Lipinski definition) is 3. The molecule has 0 bridgehead atoms. The number of nitrogens with zero attached hydrogens (tertiary/aromatic N) is 1. The molecule has 0 aromatic carbocycles. The van der Waals surface area contributed by atoms with Crippen LogP contribution in [0.2, 0.25) is 0 Å². The van der Waals surface area contributed by atoms with Gasteiger partial charge in [-0.3, -0.25) is 4.90 Å². The van der Waals surface area contributed by atoms with Crippen LogP contribution < -0.4 is 0 Å². The van der Waals surface area contributed by atoms with Gasteiger partial charge in [0, 0.05) is 12.6 Å². The van der Waals surface area contributed by atoms with E-state index in [1.807, 2.05) is 0 Å². The van der Waals surface area contributed by atoms with E-state index in [1.165, 1.54) is 12.8 Å². The fraction of sp³-hybridized carbons (Fsp3) is 1.00. The molecule has 0 amide bonds. The van der Waals surface area contributed by atoms with Crippen LogP contribution in [-0.2, 0) is 0 Å². The van der Waals surface area contributed by atoms with E-state index in [9.17, 15) is 10.2 Å². The zero-order chi connectivity index (χ0) is 7.84. The highest BCUT2D eigenvalue weighted by molar-refractivity contribution is 4.94. The van der Waals surface area contributed by atoms with Gasteiger partial charge < -0.3 is 10.2 Å². The molecule has 2 saturated heterocycles. The molecule has 0 spiro atoms. The van der Waals surface area contributed by atoms with Gasteiger partial charge in [-0.05, 0) is 19.4 Å². The Balaban J connectivity index is 2.05. The van der Waals surface area contributed by atoms with E-state index in [-0.39, 0.29) is 6.04 Å². The van der Waals surface area contributed by atoms with Gasteiger partial charge in [0.15, 0.2) is 0 Å². The lowest BCUT2D eigenvalue weighted by Gasteiger charge is -2.29. The van der Waals surface area contributed by atoms with Gasteiger partial charge in [0.2, 0.25) is 0 Å². The summed E-state index contributed by atoms with van der Waals surface area (Å²) in [7, 11) is 0. The Morgan fingerprint density at radius 3 is 2.73 bits per heavy atom. The van der Waals surface area contributed by atoms with E-state index in [2.05, 4.69) is 4.90 Å². The van der Waals surface area contributed by atoms with E-state index in [0.29, 0.717) is 6.54 Å². The van der Waals surface area contributed by atoms with E-state index < -0.39 is 12.2 Å². The van der Waals surface area contributed by atoms with Crippen LogP contribution in [0.3, 0.4) is 0 Å². The van der Waals surface area contributed by atoms with Gasteiger partial charge in [-0.15, -0.1) is 0 Å². The Morgan fingerprint density at radius 1 is 1.18 bits per heavy atom. The second-order valence-corrected chi connectivity index (χ2v) is 3.62. The SMILES string of the molecule is OC1CN2CCCCC2C1O. The molecule has 0 aromatic heterocycles. The molecule has 2 heterocycles. The Bertz CT molecular complexity index is 151. The zero-order valence-corrected chi connectivity index (χ0v) is 6.61. The van der Waals surface area contributed by atoms with Crippen LogP contribution in [0.15, 0.2) is 0 Å². The molecular weight excluding hydrogens is 142 g/mol. The van der Waals surface area contributed by atoms with Gasteiger partial charge in [0.05, 0.1) is 12.2 Å². The van der Waals surface area contributed by atoms with Crippen LogP contribution in [-0.4, -0.2) is 46.5 Å². The second-order valence-electron chi connectivity index (χ2n) is 3.62. The molecule has 2 aliphatic rings. The molecular formula is C8H15NO2. The van der Waals surface area contributed by atoms with Gasteiger partial charge in [-0.25, -0.2) is 0 Å². The number of aliphatic hydroxyl groups excluding tert-OH is 2. The highest BCUT2D eigenvalue weighted by Crippen LogP contribution is 2.26. The fourth-order valence-corrected chi connectivity index (χ4v) is 2.23. The maximum absolute atomic E-state index is 9.50. The van der Waals surface area contributed by atoms with Crippen molar-refractivity contribution in [2.24, 2.45) is 0 Å². The highest BCUT2D eigenvalue weighted by atomic mass is 16.3. The molecule has 0 aliphatic carbocycles. The average molecular weight is 157 g/mol. The molecule has 2 N–H and O–H groups in total. The quantitative estimate of drug-likeness (QED) is 0.502. The number of aliphatic hydroxyl groups is 2. The lowest BCUT2D eigenvalue weighted by Crippen LogP contribution is -2.39. The first kappa shape index (κ1) is 7.53. The summed E-state index contributed by atoms with van der Waals surface area (Å²) in [5, 5.41) is 18.8. The maximum Gasteiger partial charge on any atom is 0.0966 e. The van der Waals surface area contributed by atoms with Gasteiger partial charge in [-0.2, -0.15) is 0 Å². The summed E-state index contributed by atoms with van der Waals surface area (Å²) in [5.74, 6) is 0. The Kier molecular flexibility index (Phi) is 1.87. The number of piperidine rings is 1. The number of hydrogen-bond donors (Lipinski definition) is 2. The Hall–Kier alpha value is -0.120. The number of fused-ring (bicyclic) bond motifs is 1. The molecule has 11 heavy (non-hydrogen) atoms. The van der Waals surface area contributed by atoms with Crippen molar-refractivity contribution >= 4 is 0 Å². The van der Waals surface area contributed by atoms with Gasteiger partial charge in [-0.1, -0.05) is 6.42 Å². The van der Waals surface area contributed by atoms with Crippen molar-refractivity contribution in [2.75, 3.05) is 13.1 Å². The minimum atomic E-state index is -0.502. The van der Waals surface area contributed by atoms with Gasteiger partial charge >= 0.3 is 0 Å². The third-order valence-corrected chi connectivity index (χ3v) is 2.87. The normalized spacial score (nSPS) is 45.8. The molecule has 3 unspecified atom stereocenters. The molecule has 64 valence electrons. The van der Waals surface area contributed by atoms with Gasteiger partial charge in [0.1, 0.15) is 0 Å². The topological polar surface area (TPSA) is 43.7 Å². The summed E-state index contributed by atoms with van der Waals surface area (Å²) in [6, 6.07) is 0.249. The average Bonchev–Trinajstić information content (AvgIpc) is 2.30. The van der Waals surface area contributed by atoms with Crippen LogP contribution in [0, 0.1) is 0 Å². The monoisotopic (exact) mass is 157 g/mol. The minimum absolute atomic E-state index is 0.249. The third kappa shape index (κ3) is 1.17. The fourth-order valence-electron chi connectivity index (χ4n) is 2.23. The summed E-state index contributed by atoms with van der Waals surface area (Å²) >= 11 is 0. The smallest absolute Gasteiger partial charge is 0.0966 e. The predicted octanol–water partition coefficient (Wildman–Crippen LogP) is -0.424. The lowest BCUT2D eigenvalue weighted by atomic mass is 10.0. The molecule has 0 saturated carbocycles. The second kappa shape index (κ2) is 2.73. The van der Waals surface area contributed by atoms with E-state index in [1.54, 1.807) is 0 Å². The van der Waals surface area contributed by atoms with Crippen molar-refractivity contribution in [1.29, 1.82) is 0 Å². The predicted molar refractivity (Wildman–Crippen MR) is 41.2 cm³/mol. The van der Waals surface area contributed by atoms with Crippen LogP contribution in [0.1, 0.15) is 19.3 Å². The Labute approximate surface area is 66.6 Å². The summed E-state index contributed by atoms with van der Waals surface area (Å²) < 4.78 is 0. The van der Waals surface area contributed by atoms with Crippen molar-refractivity contribution in [2.45, 2.75) is 37.5 Å². The standard InChI is InChI=1S/C8H15NO2/c10-7-5-9-4-2-1-3-6(9)8(7)11/h6-8,10-11H,1-5H2. The third-order valence-electron chi connectivity index (χ3n) is 2.87. The van der Waals surface area contributed by atoms with E-state index >= 15 is 0 Å². The van der Waals surface area contributed by atoms with Crippen molar-refractivity contribution in [3.05, 3.63) is 0 Å². The molecule has 3 heteroatoms. The number of rotatable bonds is 0. The maximum atomic E-state index is 9.50. The van der Waals surface area contributed by atoms with E-state index in [0.717, 1.165) is 13.0 Å². The van der Waals surface area contributed by atoms with Crippen LogP contribution in [0.25, 0.3) is 0 Å². The van der Waals surface area contributed by atoms with Crippen LogP contribution >= 0.6 is 0 Å². The molecule has 2 aliphatic heterocycles. The molecule has 3 atom stereocenters. The van der Waals surface area contributed by atoms with Crippen molar-refractivity contribution in [3.8, 4) is 0 Å². The Morgan fingerprint density at radius 2 is 2.00 bits per heavy atom. The van der Waals surface area contributed by atoms with Crippen LogP contribution in [0.5, 0.6) is 0 Å². The largest absolute Gasteiger partial charge is 0.389 e. The van der Waals surface area contributed by atoms with Crippen molar-refractivity contribution in [1.82, 2.24) is 4.90 Å². The first-order chi connectivity index (χ1) is 5.29. The lowest BCUT2D eigenvalue weighted by molar-refractivity contribution is 0.0318. The highest BCUT2D eigenvalue weighted by Gasteiger charge is 2.40. The molecule has 2 fully saturated rings. The van der Waals surface area contributed by atoms with Crippen LogP contribution in [0.4, 0.5) is 0 Å². The molecule has 2 rings (SSSR count). The molecule has 3 nitrogen and oxygen atoms in total. The van der Waals surface area contributed by atoms with E-state index in [4.69, 9.17) is 0 Å². The molecule has 0 radical (unpaired) electrons. The zero-order valence-electron chi connectivity index (χ0n) is 6.61. The first-order valence-electron chi connectivity index (χ1n) is 4.39.